The molecule has 0 radical (unpaired) electrons. The zero-order valence-electron chi connectivity index (χ0n) is 13.1. The third-order valence-electron chi connectivity index (χ3n) is 3.15. The van der Waals surface area contributed by atoms with Gasteiger partial charge in [0, 0.05) is 18.8 Å². The van der Waals surface area contributed by atoms with E-state index in [-0.39, 0.29) is 11.9 Å². The van der Waals surface area contributed by atoms with Crippen LogP contribution in [0.1, 0.15) is 43.5 Å². The van der Waals surface area contributed by atoms with Crippen LogP contribution in [0.4, 0.5) is 4.39 Å². The number of hydrogen-bond donors (Lipinski definition) is 1. The SMILES string of the molecule is CCNC(c1c(C)cc(C)cc1F)C(OCC)OCC. The second-order valence-electron chi connectivity index (χ2n) is 4.79. The summed E-state index contributed by atoms with van der Waals surface area (Å²) in [5, 5.41) is 3.28. The van der Waals surface area contributed by atoms with Gasteiger partial charge in [0.25, 0.3) is 0 Å². The van der Waals surface area contributed by atoms with Crippen LogP contribution in [0.2, 0.25) is 0 Å². The summed E-state index contributed by atoms with van der Waals surface area (Å²) in [6, 6.07) is 3.24. The van der Waals surface area contributed by atoms with Crippen LogP contribution in [0, 0.1) is 19.7 Å². The number of benzene rings is 1. The van der Waals surface area contributed by atoms with Crippen molar-refractivity contribution >= 4 is 0 Å². The Morgan fingerprint density at radius 3 is 2.15 bits per heavy atom. The van der Waals surface area contributed by atoms with Crippen LogP contribution in [0.5, 0.6) is 0 Å². The van der Waals surface area contributed by atoms with Gasteiger partial charge in [-0.1, -0.05) is 13.0 Å². The number of rotatable bonds is 8. The Labute approximate surface area is 121 Å². The molecule has 0 aliphatic rings. The lowest BCUT2D eigenvalue weighted by Gasteiger charge is -2.29. The molecule has 1 atom stereocenters. The smallest absolute Gasteiger partial charge is 0.176 e. The molecule has 0 fully saturated rings. The van der Waals surface area contributed by atoms with Crippen molar-refractivity contribution < 1.29 is 13.9 Å². The second-order valence-corrected chi connectivity index (χ2v) is 4.79. The normalized spacial score (nSPS) is 12.9. The van der Waals surface area contributed by atoms with E-state index < -0.39 is 6.29 Å². The van der Waals surface area contributed by atoms with Gasteiger partial charge in [-0.3, -0.25) is 0 Å². The first kappa shape index (κ1) is 17.1. The summed E-state index contributed by atoms with van der Waals surface area (Å²) in [4.78, 5) is 0. The van der Waals surface area contributed by atoms with Crippen molar-refractivity contribution in [2.24, 2.45) is 0 Å². The van der Waals surface area contributed by atoms with Crippen molar-refractivity contribution in [3.05, 3.63) is 34.6 Å². The molecule has 0 aromatic heterocycles. The molecule has 1 aromatic carbocycles. The van der Waals surface area contributed by atoms with Gasteiger partial charge in [0.15, 0.2) is 6.29 Å². The summed E-state index contributed by atoms with van der Waals surface area (Å²) >= 11 is 0. The number of ether oxygens (including phenoxy) is 2. The molecule has 0 saturated carbocycles. The van der Waals surface area contributed by atoms with Gasteiger partial charge in [0.1, 0.15) is 5.82 Å². The van der Waals surface area contributed by atoms with Gasteiger partial charge >= 0.3 is 0 Å². The number of hydrogen-bond acceptors (Lipinski definition) is 3. The minimum absolute atomic E-state index is 0.210. The monoisotopic (exact) mass is 283 g/mol. The quantitative estimate of drug-likeness (QED) is 0.741. The van der Waals surface area contributed by atoms with E-state index in [4.69, 9.17) is 9.47 Å². The third kappa shape index (κ3) is 4.27. The Hall–Kier alpha value is -0.970. The Balaban J connectivity index is 3.17. The predicted molar refractivity (Wildman–Crippen MR) is 79.3 cm³/mol. The Bertz CT molecular complexity index is 394. The molecule has 1 rings (SSSR count). The molecule has 0 amide bonds. The summed E-state index contributed by atoms with van der Waals surface area (Å²) in [6.07, 6.45) is -0.485. The van der Waals surface area contributed by atoms with Crippen LogP contribution in [0.25, 0.3) is 0 Å². The number of nitrogens with one attached hydrogen (secondary N) is 1. The highest BCUT2D eigenvalue weighted by atomic mass is 19.1. The highest BCUT2D eigenvalue weighted by Crippen LogP contribution is 2.27. The molecule has 0 spiro atoms. The van der Waals surface area contributed by atoms with Gasteiger partial charge in [0.05, 0.1) is 6.04 Å². The van der Waals surface area contributed by atoms with Crippen molar-refractivity contribution in [1.82, 2.24) is 5.32 Å². The fourth-order valence-electron chi connectivity index (χ4n) is 2.44. The van der Waals surface area contributed by atoms with E-state index >= 15 is 0 Å². The van der Waals surface area contributed by atoms with Crippen LogP contribution >= 0.6 is 0 Å². The number of likely N-dealkylation sites (N-methyl/N-ethyl adjacent to an activating group) is 1. The lowest BCUT2D eigenvalue weighted by atomic mass is 9.97. The average Bonchev–Trinajstić information content (AvgIpc) is 2.36. The van der Waals surface area contributed by atoms with E-state index in [9.17, 15) is 4.39 Å². The molecule has 114 valence electrons. The first-order valence-corrected chi connectivity index (χ1v) is 7.28. The average molecular weight is 283 g/mol. The maximum absolute atomic E-state index is 14.4. The van der Waals surface area contributed by atoms with Crippen LogP contribution in [-0.4, -0.2) is 26.0 Å². The summed E-state index contributed by atoms with van der Waals surface area (Å²) < 4.78 is 25.7. The van der Waals surface area contributed by atoms with Crippen molar-refractivity contribution in [1.29, 1.82) is 0 Å². The molecule has 4 heteroatoms. The lowest BCUT2D eigenvalue weighted by Crippen LogP contribution is -2.37. The number of halogens is 1. The molecule has 3 nitrogen and oxygen atoms in total. The van der Waals surface area contributed by atoms with E-state index in [0.29, 0.717) is 25.3 Å². The van der Waals surface area contributed by atoms with Crippen molar-refractivity contribution in [3.63, 3.8) is 0 Å². The van der Waals surface area contributed by atoms with Crippen molar-refractivity contribution in [2.45, 2.75) is 47.0 Å². The van der Waals surface area contributed by atoms with E-state index in [2.05, 4.69) is 5.32 Å². The van der Waals surface area contributed by atoms with Crippen LogP contribution < -0.4 is 5.32 Å². The molecule has 1 unspecified atom stereocenters. The molecule has 1 aromatic rings. The van der Waals surface area contributed by atoms with Crippen LogP contribution in [0.15, 0.2) is 12.1 Å². The standard InChI is InChI=1S/C16H26FNO2/c1-6-18-15(16(19-7-2)20-8-3)14-12(5)9-11(4)10-13(14)17/h9-10,15-16,18H,6-8H2,1-5H3. The Morgan fingerprint density at radius 1 is 1.10 bits per heavy atom. The maximum Gasteiger partial charge on any atom is 0.176 e. The van der Waals surface area contributed by atoms with Crippen molar-refractivity contribution in [3.8, 4) is 0 Å². The van der Waals surface area contributed by atoms with E-state index in [1.165, 1.54) is 0 Å². The summed E-state index contributed by atoms with van der Waals surface area (Å²) in [5.41, 5.74) is 2.46. The van der Waals surface area contributed by atoms with Gasteiger partial charge in [-0.2, -0.15) is 0 Å². The topological polar surface area (TPSA) is 30.5 Å². The van der Waals surface area contributed by atoms with Gasteiger partial charge in [-0.15, -0.1) is 0 Å². The van der Waals surface area contributed by atoms with E-state index in [1.807, 2.05) is 40.7 Å². The van der Waals surface area contributed by atoms with E-state index in [0.717, 1.165) is 11.1 Å². The number of aryl methyl sites for hydroxylation is 2. The molecule has 0 heterocycles. The molecule has 1 N–H and O–H groups in total. The zero-order valence-corrected chi connectivity index (χ0v) is 13.1. The molecule has 0 aliphatic carbocycles. The Kier molecular flexibility index (Phi) is 7.13. The van der Waals surface area contributed by atoms with Gasteiger partial charge < -0.3 is 14.8 Å². The fourth-order valence-corrected chi connectivity index (χ4v) is 2.44. The largest absolute Gasteiger partial charge is 0.351 e. The molecule has 0 aliphatic heterocycles. The third-order valence-corrected chi connectivity index (χ3v) is 3.15. The molecular weight excluding hydrogens is 257 g/mol. The highest BCUT2D eigenvalue weighted by molar-refractivity contribution is 5.34. The highest BCUT2D eigenvalue weighted by Gasteiger charge is 2.27. The van der Waals surface area contributed by atoms with Gasteiger partial charge in [-0.25, -0.2) is 4.39 Å². The fraction of sp³-hybridized carbons (Fsp3) is 0.625. The minimum atomic E-state index is -0.485. The lowest BCUT2D eigenvalue weighted by molar-refractivity contribution is -0.155. The first-order valence-electron chi connectivity index (χ1n) is 7.28. The summed E-state index contributed by atoms with van der Waals surface area (Å²) in [6.45, 7) is 11.4. The first-order chi connectivity index (χ1) is 9.54. The molecule has 20 heavy (non-hydrogen) atoms. The van der Waals surface area contributed by atoms with Crippen molar-refractivity contribution in [2.75, 3.05) is 19.8 Å². The van der Waals surface area contributed by atoms with Gasteiger partial charge in [0.2, 0.25) is 0 Å². The van der Waals surface area contributed by atoms with Gasteiger partial charge in [-0.05, 0) is 51.4 Å². The molecule has 0 saturated heterocycles. The second kappa shape index (κ2) is 8.35. The Morgan fingerprint density at radius 2 is 1.70 bits per heavy atom. The maximum atomic E-state index is 14.4. The predicted octanol–water partition coefficient (Wildman–Crippen LogP) is 3.49. The molecule has 0 bridgehead atoms. The van der Waals surface area contributed by atoms with Crippen LogP contribution in [0.3, 0.4) is 0 Å². The molecular formula is C16H26FNO2. The summed E-state index contributed by atoms with van der Waals surface area (Å²) in [7, 11) is 0. The van der Waals surface area contributed by atoms with Crippen LogP contribution in [-0.2, 0) is 9.47 Å². The zero-order chi connectivity index (χ0) is 15.1. The van der Waals surface area contributed by atoms with E-state index in [1.54, 1.807) is 6.07 Å². The summed E-state index contributed by atoms with van der Waals surface area (Å²) in [5.74, 6) is -0.210. The minimum Gasteiger partial charge on any atom is -0.351 e.